The number of carbonyl (C=O) groups excluding carboxylic acids is 1. The normalized spacial score (nSPS) is 12.7. The number of aromatic hydroxyl groups is 1. The number of phenolic OH excluding ortho intramolecular Hbond substituents is 1. The zero-order valence-electron chi connectivity index (χ0n) is 18.3. The minimum Gasteiger partial charge on any atom is -0.506 e. The Morgan fingerprint density at radius 2 is 1.66 bits per heavy atom. The van der Waals surface area contributed by atoms with Crippen LogP contribution in [0, 0.1) is 5.82 Å². The van der Waals surface area contributed by atoms with Gasteiger partial charge >= 0.3 is 5.51 Å². The van der Waals surface area contributed by atoms with Crippen molar-refractivity contribution in [3.05, 3.63) is 77.6 Å². The summed E-state index contributed by atoms with van der Waals surface area (Å²) in [5.74, 6) is -2.14. The molecule has 0 saturated carbocycles. The Kier molecular flexibility index (Phi) is 7.65. The molecule has 0 bridgehead atoms. The van der Waals surface area contributed by atoms with Gasteiger partial charge in [0.1, 0.15) is 28.3 Å². The molecule has 1 unspecified atom stereocenters. The lowest BCUT2D eigenvalue weighted by Crippen LogP contribution is -2.14. The summed E-state index contributed by atoms with van der Waals surface area (Å²) in [4.78, 5) is 12.0. The number of alkyl halides is 3. The fourth-order valence-electron chi connectivity index (χ4n) is 3.03. The van der Waals surface area contributed by atoms with Gasteiger partial charge in [0.15, 0.2) is 9.84 Å². The van der Waals surface area contributed by atoms with Crippen LogP contribution in [-0.4, -0.2) is 31.2 Å². The number of ether oxygens (including phenoxy) is 1. The van der Waals surface area contributed by atoms with Crippen molar-refractivity contribution in [1.29, 1.82) is 0 Å². The van der Waals surface area contributed by atoms with Gasteiger partial charge in [-0.05, 0) is 66.7 Å². The topological polar surface area (TPSA) is 92.7 Å². The van der Waals surface area contributed by atoms with Gasteiger partial charge in [0, 0.05) is 22.8 Å². The third kappa shape index (κ3) is 7.12. The summed E-state index contributed by atoms with van der Waals surface area (Å²) in [6, 6.07) is 12.9. The maximum atomic E-state index is 14.1. The van der Waals surface area contributed by atoms with E-state index in [0.717, 1.165) is 12.3 Å². The second-order valence-corrected chi connectivity index (χ2v) is 10.5. The molecule has 0 spiro atoms. The average Bonchev–Trinajstić information content (AvgIpc) is 2.74. The molecule has 0 aliphatic heterocycles. The first-order valence-corrected chi connectivity index (χ1v) is 12.6. The number of carbonyl (C=O) groups is 1. The van der Waals surface area contributed by atoms with E-state index in [2.05, 4.69) is 5.32 Å². The Bertz CT molecular complexity index is 1330. The molecule has 0 aromatic heterocycles. The van der Waals surface area contributed by atoms with Gasteiger partial charge < -0.3 is 15.2 Å². The molecular weight excluding hydrogens is 510 g/mol. The molecule has 3 rings (SSSR count). The molecule has 186 valence electrons. The van der Waals surface area contributed by atoms with Crippen molar-refractivity contribution in [3.63, 3.8) is 0 Å². The first-order chi connectivity index (χ1) is 16.2. The highest BCUT2D eigenvalue weighted by Crippen LogP contribution is 2.37. The fraction of sp³-hybridized carbons (Fsp3) is 0.174. The molecule has 12 heteroatoms. The minimum absolute atomic E-state index is 0.0533. The molecule has 1 atom stereocenters. The number of benzene rings is 3. The summed E-state index contributed by atoms with van der Waals surface area (Å²) in [7, 11) is -3.86. The molecule has 0 heterocycles. The van der Waals surface area contributed by atoms with Gasteiger partial charge in [-0.1, -0.05) is 12.1 Å². The van der Waals surface area contributed by atoms with Crippen molar-refractivity contribution in [3.8, 4) is 11.5 Å². The van der Waals surface area contributed by atoms with Crippen LogP contribution >= 0.6 is 11.8 Å². The van der Waals surface area contributed by atoms with Crippen LogP contribution < -0.4 is 10.1 Å². The van der Waals surface area contributed by atoms with Gasteiger partial charge in [0.25, 0.3) is 5.91 Å². The number of rotatable bonds is 7. The second kappa shape index (κ2) is 10.2. The van der Waals surface area contributed by atoms with Gasteiger partial charge in [-0.2, -0.15) is 13.2 Å². The number of anilines is 1. The van der Waals surface area contributed by atoms with E-state index in [1.807, 2.05) is 0 Å². The highest BCUT2D eigenvalue weighted by molar-refractivity contribution is 8.00. The number of halogens is 4. The smallest absolute Gasteiger partial charge is 0.446 e. The van der Waals surface area contributed by atoms with Gasteiger partial charge in [0.05, 0.1) is 5.69 Å². The highest BCUT2D eigenvalue weighted by Gasteiger charge is 2.29. The number of thioether (sulfide) groups is 1. The largest absolute Gasteiger partial charge is 0.506 e. The number of nitrogens with one attached hydrogen (secondary N) is 1. The predicted molar refractivity (Wildman–Crippen MR) is 123 cm³/mol. The number of amides is 1. The number of hydrogen-bond acceptors (Lipinski definition) is 6. The lowest BCUT2D eigenvalue weighted by molar-refractivity contribution is -0.0328. The fourth-order valence-corrected chi connectivity index (χ4v) is 4.34. The maximum Gasteiger partial charge on any atom is 0.446 e. The van der Waals surface area contributed by atoms with E-state index in [4.69, 9.17) is 4.74 Å². The molecule has 3 aromatic carbocycles. The summed E-state index contributed by atoms with van der Waals surface area (Å²) < 4.78 is 80.7. The summed E-state index contributed by atoms with van der Waals surface area (Å²) >= 11 is -0.211. The third-order valence-corrected chi connectivity index (χ3v) is 6.57. The Labute approximate surface area is 202 Å². The van der Waals surface area contributed by atoms with Gasteiger partial charge in [0.2, 0.25) is 0 Å². The number of sulfone groups is 1. The number of hydrogen-bond donors (Lipinski definition) is 2. The average molecular weight is 530 g/mol. The quantitative estimate of drug-likeness (QED) is 0.170. The Balaban J connectivity index is 1.67. The van der Waals surface area contributed by atoms with Crippen molar-refractivity contribution in [2.75, 3.05) is 11.6 Å². The van der Waals surface area contributed by atoms with Crippen LogP contribution in [0.15, 0.2) is 70.5 Å². The standard InChI is InChI=1S/C23H19F4NO5S2/c1-13(14-5-9-17(10-6-14)34-23(25,26)27)33-16-7-3-15(4-8-16)22(30)28-19-12-21(35(2,31)32)20(29)11-18(19)24/h3-13,29H,1-2H3,(H,28,30). The molecule has 0 aliphatic carbocycles. The third-order valence-electron chi connectivity index (χ3n) is 4.71. The van der Waals surface area contributed by atoms with E-state index in [0.29, 0.717) is 17.4 Å². The lowest BCUT2D eigenvalue weighted by atomic mass is 10.1. The monoisotopic (exact) mass is 529 g/mol. The molecule has 0 saturated heterocycles. The summed E-state index contributed by atoms with van der Waals surface area (Å²) in [6.07, 6.45) is 0.335. The van der Waals surface area contributed by atoms with Crippen molar-refractivity contribution in [2.45, 2.75) is 28.3 Å². The van der Waals surface area contributed by atoms with Crippen molar-refractivity contribution >= 4 is 33.2 Å². The molecule has 1 amide bonds. The van der Waals surface area contributed by atoms with Crippen LogP contribution in [0.4, 0.5) is 23.2 Å². The molecular formula is C23H19F4NO5S2. The van der Waals surface area contributed by atoms with Gasteiger partial charge in [-0.25, -0.2) is 12.8 Å². The van der Waals surface area contributed by atoms with E-state index in [-0.39, 0.29) is 22.2 Å². The predicted octanol–water partition coefficient (Wildman–Crippen LogP) is 5.94. The zero-order valence-corrected chi connectivity index (χ0v) is 19.9. The summed E-state index contributed by atoms with van der Waals surface area (Å²) in [5, 5.41) is 11.9. The maximum absolute atomic E-state index is 14.1. The van der Waals surface area contributed by atoms with E-state index >= 15 is 0 Å². The van der Waals surface area contributed by atoms with Crippen LogP contribution in [0.25, 0.3) is 0 Å². The van der Waals surface area contributed by atoms with Crippen LogP contribution in [0.5, 0.6) is 11.5 Å². The molecule has 0 aliphatic rings. The van der Waals surface area contributed by atoms with E-state index in [1.54, 1.807) is 6.92 Å². The van der Waals surface area contributed by atoms with Crippen molar-refractivity contribution in [1.82, 2.24) is 0 Å². The van der Waals surface area contributed by atoms with Crippen LogP contribution in [0.3, 0.4) is 0 Å². The summed E-state index contributed by atoms with van der Waals surface area (Å²) in [6.45, 7) is 1.71. The molecule has 35 heavy (non-hydrogen) atoms. The van der Waals surface area contributed by atoms with E-state index in [9.17, 15) is 35.9 Å². The second-order valence-electron chi connectivity index (χ2n) is 7.43. The van der Waals surface area contributed by atoms with Crippen LogP contribution in [-0.2, 0) is 9.84 Å². The first-order valence-electron chi connectivity index (χ1n) is 9.89. The van der Waals surface area contributed by atoms with Crippen molar-refractivity contribution in [2.24, 2.45) is 0 Å². The zero-order chi connectivity index (χ0) is 26.0. The van der Waals surface area contributed by atoms with Crippen molar-refractivity contribution < 1.29 is 40.6 Å². The van der Waals surface area contributed by atoms with Crippen LogP contribution in [0.1, 0.15) is 28.9 Å². The molecule has 3 aromatic rings. The molecule has 6 nitrogen and oxygen atoms in total. The molecule has 0 radical (unpaired) electrons. The van der Waals surface area contributed by atoms with Gasteiger partial charge in [-0.3, -0.25) is 4.79 Å². The van der Waals surface area contributed by atoms with Crippen LogP contribution in [0.2, 0.25) is 0 Å². The Morgan fingerprint density at radius 3 is 2.20 bits per heavy atom. The van der Waals surface area contributed by atoms with Gasteiger partial charge in [-0.15, -0.1) is 0 Å². The Hall–Kier alpha value is -3.25. The SMILES string of the molecule is CC(Oc1ccc(C(=O)Nc2cc(S(C)(=O)=O)c(O)cc2F)cc1)c1ccc(SC(F)(F)F)cc1. The molecule has 2 N–H and O–H groups in total. The Morgan fingerprint density at radius 1 is 1.06 bits per heavy atom. The van der Waals surface area contributed by atoms with E-state index in [1.165, 1.54) is 48.5 Å². The van der Waals surface area contributed by atoms with E-state index < -0.39 is 49.5 Å². The summed E-state index contributed by atoms with van der Waals surface area (Å²) in [5.41, 5.74) is -4.04. The minimum atomic E-state index is -4.37. The molecule has 0 fully saturated rings. The lowest BCUT2D eigenvalue weighted by Gasteiger charge is -2.16. The first kappa shape index (κ1) is 26.4. The highest BCUT2D eigenvalue weighted by atomic mass is 32.2. The number of phenols is 1.